The summed E-state index contributed by atoms with van der Waals surface area (Å²) in [5, 5.41) is 0. The molecule has 1 aliphatic heterocycles. The van der Waals surface area contributed by atoms with Crippen molar-refractivity contribution in [1.82, 2.24) is 4.31 Å². The molecule has 1 heterocycles. The Balaban J connectivity index is 2.02. The first kappa shape index (κ1) is 15.0. The number of hydrogen-bond donors (Lipinski definition) is 0. The largest absolute Gasteiger partial charge is 0.360 e. The Morgan fingerprint density at radius 1 is 1.19 bits per heavy atom. The summed E-state index contributed by atoms with van der Waals surface area (Å²) in [6.07, 6.45) is 3.97. The van der Waals surface area contributed by atoms with E-state index in [1.807, 2.05) is 26.0 Å². The fourth-order valence-electron chi connectivity index (χ4n) is 3.45. The predicted octanol–water partition coefficient (Wildman–Crippen LogP) is 2.71. The van der Waals surface area contributed by atoms with Gasteiger partial charge in [-0.05, 0) is 69.7 Å². The Morgan fingerprint density at radius 2 is 1.86 bits per heavy atom. The Morgan fingerprint density at radius 3 is 2.48 bits per heavy atom. The molecule has 4 nitrogen and oxygen atoms in total. The third-order valence-electron chi connectivity index (χ3n) is 4.48. The van der Waals surface area contributed by atoms with E-state index in [0.29, 0.717) is 11.5 Å². The summed E-state index contributed by atoms with van der Waals surface area (Å²) in [4.78, 5) is 0.397. The second-order valence-corrected chi connectivity index (χ2v) is 8.48. The molecule has 2 aliphatic rings. The van der Waals surface area contributed by atoms with Gasteiger partial charge in [0.15, 0.2) is 0 Å². The summed E-state index contributed by atoms with van der Waals surface area (Å²) >= 11 is 0. The van der Waals surface area contributed by atoms with Crippen molar-refractivity contribution >= 4 is 10.0 Å². The van der Waals surface area contributed by atoms with Crippen molar-refractivity contribution in [3.05, 3.63) is 29.3 Å². The summed E-state index contributed by atoms with van der Waals surface area (Å²) in [5.74, 6) is 0. The quantitative estimate of drug-likeness (QED) is 0.844. The summed E-state index contributed by atoms with van der Waals surface area (Å²) in [6, 6.07) is 5.60. The Labute approximate surface area is 127 Å². The van der Waals surface area contributed by atoms with Crippen LogP contribution in [0.15, 0.2) is 23.1 Å². The van der Waals surface area contributed by atoms with Crippen LogP contribution in [0, 0.1) is 0 Å². The molecule has 0 aromatic heterocycles. The molecule has 1 aromatic rings. The summed E-state index contributed by atoms with van der Waals surface area (Å²) < 4.78 is 33.0. The van der Waals surface area contributed by atoms with Crippen molar-refractivity contribution in [1.29, 1.82) is 0 Å². The number of fused-ring (bicyclic) bond motifs is 1. The smallest absolute Gasteiger partial charge is 0.245 e. The minimum atomic E-state index is -3.52. The first-order chi connectivity index (χ1) is 9.82. The monoisotopic (exact) mass is 309 g/mol. The van der Waals surface area contributed by atoms with E-state index in [1.165, 1.54) is 21.9 Å². The molecule has 5 heteroatoms. The molecule has 1 unspecified atom stereocenters. The van der Waals surface area contributed by atoms with Gasteiger partial charge in [-0.1, -0.05) is 6.07 Å². The first-order valence-corrected chi connectivity index (χ1v) is 9.04. The van der Waals surface area contributed by atoms with E-state index in [2.05, 4.69) is 0 Å². The Bertz CT molecular complexity index is 651. The van der Waals surface area contributed by atoms with Crippen LogP contribution in [0.4, 0.5) is 0 Å². The van der Waals surface area contributed by atoms with E-state index in [9.17, 15) is 8.42 Å². The van der Waals surface area contributed by atoms with E-state index in [-0.39, 0.29) is 0 Å². The summed E-state index contributed by atoms with van der Waals surface area (Å²) in [6.45, 7) is 6.04. The predicted molar refractivity (Wildman–Crippen MR) is 81.6 cm³/mol. The number of aryl methyl sites for hydroxylation is 2. The number of benzene rings is 1. The van der Waals surface area contributed by atoms with Crippen LogP contribution in [0.25, 0.3) is 0 Å². The van der Waals surface area contributed by atoms with Crippen molar-refractivity contribution in [3.63, 3.8) is 0 Å². The maximum Gasteiger partial charge on any atom is 0.245 e. The molecule has 1 atom stereocenters. The lowest BCUT2D eigenvalue weighted by molar-refractivity contribution is 0.0843. The molecular formula is C16H23NO3S. The second kappa shape index (κ2) is 5.07. The minimum absolute atomic E-state index is 0.397. The van der Waals surface area contributed by atoms with Crippen LogP contribution in [0.1, 0.15) is 44.7 Å². The van der Waals surface area contributed by atoms with Crippen LogP contribution in [0.5, 0.6) is 0 Å². The number of sulfonamides is 1. The summed E-state index contributed by atoms with van der Waals surface area (Å²) in [5.41, 5.74) is 1.98. The number of nitrogens with zero attached hydrogens (tertiary/aromatic N) is 1. The van der Waals surface area contributed by atoms with Gasteiger partial charge in [-0.2, -0.15) is 4.31 Å². The van der Waals surface area contributed by atoms with Gasteiger partial charge in [0.25, 0.3) is 0 Å². The van der Waals surface area contributed by atoms with Crippen LogP contribution < -0.4 is 0 Å². The fraction of sp³-hybridized carbons (Fsp3) is 0.625. The molecule has 0 N–H and O–H groups in total. The van der Waals surface area contributed by atoms with Gasteiger partial charge in [0, 0.05) is 0 Å². The lowest BCUT2D eigenvalue weighted by atomic mass is 9.92. The van der Waals surface area contributed by atoms with Crippen LogP contribution in [-0.4, -0.2) is 31.1 Å². The summed E-state index contributed by atoms with van der Waals surface area (Å²) in [7, 11) is -3.52. The maximum absolute atomic E-state index is 13.0. The zero-order valence-electron chi connectivity index (χ0n) is 12.9. The van der Waals surface area contributed by atoms with E-state index in [4.69, 9.17) is 4.74 Å². The molecule has 21 heavy (non-hydrogen) atoms. The highest BCUT2D eigenvalue weighted by molar-refractivity contribution is 7.89. The van der Waals surface area contributed by atoms with E-state index < -0.39 is 21.8 Å². The molecule has 116 valence electrons. The highest BCUT2D eigenvalue weighted by atomic mass is 32.2. The van der Waals surface area contributed by atoms with Crippen LogP contribution in [0.2, 0.25) is 0 Å². The molecule has 1 aliphatic carbocycles. The lowest BCUT2D eigenvalue weighted by Gasteiger charge is -2.31. The highest BCUT2D eigenvalue weighted by Gasteiger charge is 2.46. The van der Waals surface area contributed by atoms with Crippen LogP contribution >= 0.6 is 0 Å². The zero-order valence-corrected chi connectivity index (χ0v) is 13.7. The van der Waals surface area contributed by atoms with Gasteiger partial charge >= 0.3 is 0 Å². The van der Waals surface area contributed by atoms with Crippen LogP contribution in [-0.2, 0) is 27.6 Å². The van der Waals surface area contributed by atoms with Crippen molar-refractivity contribution < 1.29 is 13.2 Å². The first-order valence-electron chi connectivity index (χ1n) is 7.60. The molecular weight excluding hydrogens is 286 g/mol. The fourth-order valence-corrected chi connectivity index (χ4v) is 5.37. The molecule has 1 fully saturated rings. The average molecular weight is 309 g/mol. The average Bonchev–Trinajstić information content (AvgIpc) is 2.72. The SMILES string of the molecule is CC1OCC(C)(C)N1S(=O)(=O)c1ccc2c(c1)CCCC2. The Kier molecular flexibility index (Phi) is 3.62. The van der Waals surface area contributed by atoms with Crippen molar-refractivity contribution in [2.24, 2.45) is 0 Å². The maximum atomic E-state index is 13.0. The van der Waals surface area contributed by atoms with Gasteiger partial charge in [0.2, 0.25) is 10.0 Å². The lowest BCUT2D eigenvalue weighted by Crippen LogP contribution is -2.47. The van der Waals surface area contributed by atoms with Crippen molar-refractivity contribution in [2.75, 3.05) is 6.61 Å². The normalized spacial score (nSPS) is 25.8. The third-order valence-corrected chi connectivity index (χ3v) is 6.64. The van der Waals surface area contributed by atoms with E-state index in [0.717, 1.165) is 19.3 Å². The topological polar surface area (TPSA) is 46.6 Å². The van der Waals surface area contributed by atoms with Crippen molar-refractivity contribution in [2.45, 2.75) is 63.1 Å². The standard InChI is InChI=1S/C16H23NO3S/c1-12-17(16(2,3)11-20-12)21(18,19)15-9-8-13-6-4-5-7-14(13)10-15/h8-10,12H,4-7,11H2,1-3H3. The van der Waals surface area contributed by atoms with E-state index in [1.54, 1.807) is 13.0 Å². The van der Waals surface area contributed by atoms with Gasteiger partial charge in [-0.3, -0.25) is 0 Å². The van der Waals surface area contributed by atoms with Gasteiger partial charge in [0.05, 0.1) is 17.0 Å². The van der Waals surface area contributed by atoms with Gasteiger partial charge < -0.3 is 4.74 Å². The molecule has 1 aromatic carbocycles. The molecule has 0 amide bonds. The third kappa shape index (κ3) is 2.51. The van der Waals surface area contributed by atoms with Gasteiger partial charge in [-0.25, -0.2) is 8.42 Å². The number of ether oxygens (including phenoxy) is 1. The van der Waals surface area contributed by atoms with E-state index >= 15 is 0 Å². The molecule has 0 saturated carbocycles. The van der Waals surface area contributed by atoms with Gasteiger partial charge in [0.1, 0.15) is 6.23 Å². The molecule has 0 spiro atoms. The molecule has 0 radical (unpaired) electrons. The second-order valence-electron chi connectivity index (χ2n) is 6.66. The molecule has 1 saturated heterocycles. The van der Waals surface area contributed by atoms with Gasteiger partial charge in [-0.15, -0.1) is 0 Å². The zero-order chi connectivity index (χ0) is 15.3. The number of hydrogen-bond acceptors (Lipinski definition) is 3. The van der Waals surface area contributed by atoms with Crippen molar-refractivity contribution in [3.8, 4) is 0 Å². The minimum Gasteiger partial charge on any atom is -0.360 e. The van der Waals surface area contributed by atoms with Crippen LogP contribution in [0.3, 0.4) is 0 Å². The number of rotatable bonds is 2. The molecule has 0 bridgehead atoms. The molecule has 3 rings (SSSR count). The highest BCUT2D eigenvalue weighted by Crippen LogP contribution is 2.34. The Hall–Kier alpha value is -0.910.